The van der Waals surface area contributed by atoms with E-state index in [1.807, 2.05) is 17.5 Å². The molecule has 1 N–H and O–H groups in total. The predicted octanol–water partition coefficient (Wildman–Crippen LogP) is 1.79. The molecular formula is C10H15NO2S. The second kappa shape index (κ2) is 6.56. The lowest BCUT2D eigenvalue weighted by Crippen LogP contribution is -2.25. The molecule has 1 heterocycles. The highest BCUT2D eigenvalue weighted by molar-refractivity contribution is 7.09. The van der Waals surface area contributed by atoms with E-state index in [4.69, 9.17) is 4.74 Å². The summed E-state index contributed by atoms with van der Waals surface area (Å²) in [6.45, 7) is 3.61. The number of thiophene rings is 1. The number of esters is 1. The Balaban J connectivity index is 2.09. The molecule has 1 rings (SSSR count). The van der Waals surface area contributed by atoms with Gasteiger partial charge in [-0.05, 0) is 24.4 Å². The summed E-state index contributed by atoms with van der Waals surface area (Å²) in [6, 6.07) is 3.90. The standard InChI is InChI=1S/C10H15NO2S/c1-2-5-11-7-10(12)13-8-9-4-3-6-14-9/h3-4,6,11H,2,5,7-8H2,1H3. The summed E-state index contributed by atoms with van der Waals surface area (Å²) in [5.41, 5.74) is 0. The highest BCUT2D eigenvalue weighted by Crippen LogP contribution is 2.09. The summed E-state index contributed by atoms with van der Waals surface area (Å²) in [5, 5.41) is 4.96. The second-order valence-corrected chi connectivity index (χ2v) is 3.95. The van der Waals surface area contributed by atoms with Gasteiger partial charge in [-0.15, -0.1) is 11.3 Å². The van der Waals surface area contributed by atoms with E-state index < -0.39 is 0 Å². The van der Waals surface area contributed by atoms with Gasteiger partial charge in [0.15, 0.2) is 0 Å². The van der Waals surface area contributed by atoms with Gasteiger partial charge in [0.1, 0.15) is 6.61 Å². The number of ether oxygens (including phenoxy) is 1. The lowest BCUT2D eigenvalue weighted by molar-refractivity contribution is -0.143. The van der Waals surface area contributed by atoms with Crippen molar-refractivity contribution in [3.8, 4) is 0 Å². The summed E-state index contributed by atoms with van der Waals surface area (Å²) in [7, 11) is 0. The minimum absolute atomic E-state index is 0.188. The molecule has 0 aliphatic carbocycles. The summed E-state index contributed by atoms with van der Waals surface area (Å²) < 4.78 is 5.04. The van der Waals surface area contributed by atoms with Gasteiger partial charge in [0.2, 0.25) is 0 Å². The van der Waals surface area contributed by atoms with Gasteiger partial charge in [-0.2, -0.15) is 0 Å². The minimum atomic E-state index is -0.188. The Kier molecular flexibility index (Phi) is 5.25. The van der Waals surface area contributed by atoms with Crippen molar-refractivity contribution in [1.82, 2.24) is 5.32 Å². The third kappa shape index (κ3) is 4.39. The topological polar surface area (TPSA) is 38.3 Å². The molecule has 0 unspecified atom stereocenters. The molecule has 0 aromatic carbocycles. The Hall–Kier alpha value is -0.870. The fraction of sp³-hybridized carbons (Fsp3) is 0.500. The normalized spacial score (nSPS) is 10.1. The maximum absolute atomic E-state index is 11.1. The fourth-order valence-corrected chi connectivity index (χ4v) is 1.58. The average Bonchev–Trinajstić information content (AvgIpc) is 2.68. The highest BCUT2D eigenvalue weighted by Gasteiger charge is 2.02. The molecule has 0 aliphatic rings. The van der Waals surface area contributed by atoms with Crippen LogP contribution in [-0.4, -0.2) is 19.1 Å². The van der Waals surface area contributed by atoms with Gasteiger partial charge in [0.25, 0.3) is 0 Å². The van der Waals surface area contributed by atoms with Gasteiger partial charge >= 0.3 is 5.97 Å². The van der Waals surface area contributed by atoms with Crippen molar-refractivity contribution >= 4 is 17.3 Å². The highest BCUT2D eigenvalue weighted by atomic mass is 32.1. The zero-order valence-electron chi connectivity index (χ0n) is 8.29. The average molecular weight is 213 g/mol. The molecule has 4 heteroatoms. The van der Waals surface area contributed by atoms with Crippen molar-refractivity contribution in [2.45, 2.75) is 20.0 Å². The van der Waals surface area contributed by atoms with Crippen LogP contribution in [0.1, 0.15) is 18.2 Å². The number of carbonyl (C=O) groups excluding carboxylic acids is 1. The quantitative estimate of drug-likeness (QED) is 0.578. The SMILES string of the molecule is CCCNCC(=O)OCc1cccs1. The van der Waals surface area contributed by atoms with E-state index in [1.165, 1.54) is 0 Å². The molecule has 0 saturated carbocycles. The third-order valence-corrected chi connectivity index (χ3v) is 2.50. The van der Waals surface area contributed by atoms with E-state index >= 15 is 0 Å². The number of carbonyl (C=O) groups is 1. The van der Waals surface area contributed by atoms with Gasteiger partial charge in [-0.1, -0.05) is 13.0 Å². The van der Waals surface area contributed by atoms with Crippen LogP contribution in [-0.2, 0) is 16.1 Å². The van der Waals surface area contributed by atoms with Crippen molar-refractivity contribution in [1.29, 1.82) is 0 Å². The Morgan fingerprint density at radius 3 is 3.14 bits per heavy atom. The molecule has 0 spiro atoms. The smallest absolute Gasteiger partial charge is 0.320 e. The molecule has 0 saturated heterocycles. The van der Waals surface area contributed by atoms with Crippen LogP contribution < -0.4 is 5.32 Å². The van der Waals surface area contributed by atoms with Gasteiger partial charge in [0, 0.05) is 4.88 Å². The van der Waals surface area contributed by atoms with Gasteiger partial charge < -0.3 is 10.1 Å². The molecule has 3 nitrogen and oxygen atoms in total. The molecule has 0 aliphatic heterocycles. The number of nitrogens with one attached hydrogen (secondary N) is 1. The monoisotopic (exact) mass is 213 g/mol. The van der Waals surface area contributed by atoms with Crippen LogP contribution in [0.5, 0.6) is 0 Å². The zero-order valence-corrected chi connectivity index (χ0v) is 9.10. The molecule has 14 heavy (non-hydrogen) atoms. The minimum Gasteiger partial charge on any atom is -0.459 e. The fourth-order valence-electron chi connectivity index (χ4n) is 0.965. The molecule has 0 fully saturated rings. The van der Waals surface area contributed by atoms with Gasteiger partial charge in [0.05, 0.1) is 6.54 Å². The molecule has 1 aromatic heterocycles. The predicted molar refractivity (Wildman–Crippen MR) is 57.3 cm³/mol. The first-order valence-electron chi connectivity index (χ1n) is 4.71. The van der Waals surface area contributed by atoms with Crippen LogP contribution in [0.25, 0.3) is 0 Å². The molecule has 0 bridgehead atoms. The Labute approximate surface area is 88.1 Å². The van der Waals surface area contributed by atoms with Crippen LogP contribution in [0.3, 0.4) is 0 Å². The van der Waals surface area contributed by atoms with Gasteiger partial charge in [-0.3, -0.25) is 4.79 Å². The summed E-state index contributed by atoms with van der Waals surface area (Å²) in [5.74, 6) is -0.188. The first-order chi connectivity index (χ1) is 6.83. The van der Waals surface area contributed by atoms with E-state index in [0.29, 0.717) is 13.2 Å². The lowest BCUT2D eigenvalue weighted by Gasteiger charge is -2.03. The molecular weight excluding hydrogens is 198 g/mol. The van der Waals surface area contributed by atoms with Crippen molar-refractivity contribution in [3.63, 3.8) is 0 Å². The van der Waals surface area contributed by atoms with Crippen molar-refractivity contribution < 1.29 is 9.53 Å². The third-order valence-electron chi connectivity index (χ3n) is 1.65. The van der Waals surface area contributed by atoms with Crippen molar-refractivity contribution in [2.75, 3.05) is 13.1 Å². The first kappa shape index (κ1) is 11.2. The second-order valence-electron chi connectivity index (χ2n) is 2.92. The molecule has 0 atom stereocenters. The Bertz CT molecular complexity index is 259. The van der Waals surface area contributed by atoms with Crippen molar-refractivity contribution in [2.24, 2.45) is 0 Å². The number of rotatable bonds is 6. The van der Waals surface area contributed by atoms with E-state index in [1.54, 1.807) is 11.3 Å². The Morgan fingerprint density at radius 2 is 2.50 bits per heavy atom. The Morgan fingerprint density at radius 1 is 1.64 bits per heavy atom. The van der Waals surface area contributed by atoms with Crippen LogP contribution >= 0.6 is 11.3 Å². The van der Waals surface area contributed by atoms with Crippen LogP contribution in [0.2, 0.25) is 0 Å². The van der Waals surface area contributed by atoms with E-state index in [0.717, 1.165) is 17.8 Å². The van der Waals surface area contributed by atoms with E-state index in [2.05, 4.69) is 12.2 Å². The number of hydrogen-bond donors (Lipinski definition) is 1. The van der Waals surface area contributed by atoms with Gasteiger partial charge in [-0.25, -0.2) is 0 Å². The van der Waals surface area contributed by atoms with Crippen LogP contribution in [0, 0.1) is 0 Å². The van der Waals surface area contributed by atoms with Crippen molar-refractivity contribution in [3.05, 3.63) is 22.4 Å². The maximum atomic E-state index is 11.1. The van der Waals surface area contributed by atoms with E-state index in [9.17, 15) is 4.79 Å². The molecule has 78 valence electrons. The zero-order chi connectivity index (χ0) is 10.2. The summed E-state index contributed by atoms with van der Waals surface area (Å²) >= 11 is 1.60. The number of hydrogen-bond acceptors (Lipinski definition) is 4. The van der Waals surface area contributed by atoms with E-state index in [-0.39, 0.29) is 5.97 Å². The first-order valence-corrected chi connectivity index (χ1v) is 5.59. The molecule has 0 radical (unpaired) electrons. The summed E-state index contributed by atoms with van der Waals surface area (Å²) in [4.78, 5) is 12.2. The molecule has 1 aromatic rings. The molecule has 0 amide bonds. The van der Waals surface area contributed by atoms with Crippen LogP contribution in [0.4, 0.5) is 0 Å². The lowest BCUT2D eigenvalue weighted by atomic mass is 10.5. The van der Waals surface area contributed by atoms with Crippen LogP contribution in [0.15, 0.2) is 17.5 Å². The maximum Gasteiger partial charge on any atom is 0.320 e. The largest absolute Gasteiger partial charge is 0.459 e. The summed E-state index contributed by atoms with van der Waals surface area (Å²) in [6.07, 6.45) is 1.03.